The average molecular weight is 387 g/mol. The van der Waals surface area contributed by atoms with Gasteiger partial charge in [0.25, 0.3) is 0 Å². The van der Waals surface area contributed by atoms with Crippen molar-refractivity contribution in [1.29, 1.82) is 0 Å². The minimum absolute atomic E-state index is 0.0247. The van der Waals surface area contributed by atoms with Gasteiger partial charge in [0, 0.05) is 34.0 Å². The fourth-order valence-corrected chi connectivity index (χ4v) is 4.26. The summed E-state index contributed by atoms with van der Waals surface area (Å²) in [6.07, 6.45) is 10.7. The standard InChI is InChI=1S/C20H22N2O2S2/c23-19(11-9-15-5-3-13-25-15)21-17-7-1-2-8-18(17)22-20(24)12-10-16-6-4-14-26-16/h3-6,9-14,17-18H,1-2,7-8H2,(H,21,23)(H,22,24)/t17-,18-/m0/s1. The lowest BCUT2D eigenvalue weighted by Gasteiger charge is -2.32. The summed E-state index contributed by atoms with van der Waals surface area (Å²) >= 11 is 3.19. The van der Waals surface area contributed by atoms with E-state index in [1.807, 2.05) is 47.2 Å². The van der Waals surface area contributed by atoms with Crippen LogP contribution in [0.25, 0.3) is 12.2 Å². The van der Waals surface area contributed by atoms with E-state index in [1.165, 1.54) is 0 Å². The molecule has 6 heteroatoms. The van der Waals surface area contributed by atoms with Crippen molar-refractivity contribution in [3.63, 3.8) is 0 Å². The van der Waals surface area contributed by atoms with Crippen LogP contribution in [0.2, 0.25) is 0 Å². The van der Waals surface area contributed by atoms with E-state index in [1.54, 1.807) is 34.8 Å². The Labute approximate surface area is 161 Å². The number of carbonyl (C=O) groups is 2. The van der Waals surface area contributed by atoms with Gasteiger partial charge in [0.15, 0.2) is 0 Å². The normalized spacial score (nSPS) is 20.5. The molecule has 3 rings (SSSR count). The molecular formula is C20H22N2O2S2. The predicted molar refractivity (Wildman–Crippen MR) is 109 cm³/mol. The van der Waals surface area contributed by atoms with E-state index in [0.29, 0.717) is 0 Å². The van der Waals surface area contributed by atoms with Crippen molar-refractivity contribution in [2.45, 2.75) is 37.8 Å². The van der Waals surface area contributed by atoms with Crippen molar-refractivity contribution in [2.24, 2.45) is 0 Å². The summed E-state index contributed by atoms with van der Waals surface area (Å²) in [6, 6.07) is 7.81. The van der Waals surface area contributed by atoms with Gasteiger partial charge in [-0.25, -0.2) is 0 Å². The Morgan fingerprint density at radius 1 is 0.846 bits per heavy atom. The molecule has 0 spiro atoms. The van der Waals surface area contributed by atoms with E-state index in [2.05, 4.69) is 10.6 Å². The third-order valence-corrected chi connectivity index (χ3v) is 5.98. The molecular weight excluding hydrogens is 364 g/mol. The Bertz CT molecular complexity index is 698. The molecule has 0 radical (unpaired) electrons. The monoisotopic (exact) mass is 386 g/mol. The van der Waals surface area contributed by atoms with Crippen LogP contribution < -0.4 is 10.6 Å². The number of nitrogens with one attached hydrogen (secondary N) is 2. The van der Waals surface area contributed by atoms with E-state index < -0.39 is 0 Å². The maximum absolute atomic E-state index is 12.2. The van der Waals surface area contributed by atoms with Crippen molar-refractivity contribution in [3.05, 3.63) is 56.9 Å². The number of thiophene rings is 2. The molecule has 0 saturated heterocycles. The molecule has 26 heavy (non-hydrogen) atoms. The van der Waals surface area contributed by atoms with Gasteiger partial charge in [-0.3, -0.25) is 9.59 Å². The Hall–Kier alpha value is -2.18. The summed E-state index contributed by atoms with van der Waals surface area (Å²) in [6.45, 7) is 0. The Morgan fingerprint density at radius 3 is 1.69 bits per heavy atom. The molecule has 0 aliphatic heterocycles. The highest BCUT2D eigenvalue weighted by atomic mass is 32.1. The highest BCUT2D eigenvalue weighted by Gasteiger charge is 2.26. The van der Waals surface area contributed by atoms with E-state index >= 15 is 0 Å². The SMILES string of the molecule is O=C(C=Cc1cccs1)N[C@H]1CCCC[C@@H]1NC(=O)C=Cc1cccs1. The Balaban J connectivity index is 1.53. The molecule has 0 aromatic carbocycles. The van der Waals surface area contributed by atoms with Crippen LogP contribution in [0, 0.1) is 0 Å². The number of hydrogen-bond donors (Lipinski definition) is 2. The number of amides is 2. The quantitative estimate of drug-likeness (QED) is 0.735. The minimum Gasteiger partial charge on any atom is -0.348 e. The molecule has 2 aromatic rings. The maximum Gasteiger partial charge on any atom is 0.244 e. The molecule has 4 nitrogen and oxygen atoms in total. The fraction of sp³-hybridized carbons (Fsp3) is 0.300. The van der Waals surface area contributed by atoms with Gasteiger partial charge in [0.05, 0.1) is 0 Å². The van der Waals surface area contributed by atoms with Crippen LogP contribution in [0.3, 0.4) is 0 Å². The highest BCUT2D eigenvalue weighted by Crippen LogP contribution is 2.19. The Morgan fingerprint density at radius 2 is 1.31 bits per heavy atom. The molecule has 1 aliphatic carbocycles. The lowest BCUT2D eigenvalue weighted by molar-refractivity contribution is -0.120. The summed E-state index contributed by atoms with van der Waals surface area (Å²) in [5.74, 6) is -0.225. The molecule has 136 valence electrons. The van der Waals surface area contributed by atoms with Crippen LogP contribution in [0.15, 0.2) is 47.2 Å². The van der Waals surface area contributed by atoms with Gasteiger partial charge in [-0.15, -0.1) is 22.7 Å². The average Bonchev–Trinajstić information content (AvgIpc) is 3.34. The summed E-state index contributed by atoms with van der Waals surface area (Å²) in [4.78, 5) is 26.5. The largest absolute Gasteiger partial charge is 0.348 e. The summed E-state index contributed by atoms with van der Waals surface area (Å²) in [5.41, 5.74) is 0. The smallest absolute Gasteiger partial charge is 0.244 e. The molecule has 2 N–H and O–H groups in total. The summed E-state index contributed by atoms with van der Waals surface area (Å²) < 4.78 is 0. The number of carbonyl (C=O) groups excluding carboxylic acids is 2. The second-order valence-electron chi connectivity index (χ2n) is 6.21. The van der Waals surface area contributed by atoms with Crippen LogP contribution in [0.4, 0.5) is 0 Å². The van der Waals surface area contributed by atoms with Gasteiger partial charge in [0.2, 0.25) is 11.8 Å². The third kappa shape index (κ3) is 5.68. The zero-order chi connectivity index (χ0) is 18.2. The number of hydrogen-bond acceptors (Lipinski definition) is 4. The summed E-state index contributed by atoms with van der Waals surface area (Å²) in [7, 11) is 0. The van der Waals surface area contributed by atoms with Gasteiger partial charge in [-0.2, -0.15) is 0 Å². The molecule has 2 aromatic heterocycles. The molecule has 1 saturated carbocycles. The predicted octanol–water partition coefficient (Wildman–Crippen LogP) is 4.08. The second-order valence-corrected chi connectivity index (χ2v) is 8.17. The lowest BCUT2D eigenvalue weighted by atomic mass is 9.90. The molecule has 0 unspecified atom stereocenters. The van der Waals surface area contributed by atoms with E-state index in [4.69, 9.17) is 0 Å². The molecule has 1 fully saturated rings. The first-order valence-corrected chi connectivity index (χ1v) is 10.5. The van der Waals surface area contributed by atoms with Gasteiger partial charge in [-0.05, 0) is 47.9 Å². The van der Waals surface area contributed by atoms with Crippen molar-refractivity contribution in [3.8, 4) is 0 Å². The lowest BCUT2D eigenvalue weighted by Crippen LogP contribution is -2.52. The first-order chi connectivity index (χ1) is 12.7. The second kappa shape index (κ2) is 9.50. The molecule has 0 bridgehead atoms. The highest BCUT2D eigenvalue weighted by molar-refractivity contribution is 7.11. The van der Waals surface area contributed by atoms with Crippen molar-refractivity contribution in [2.75, 3.05) is 0 Å². The number of rotatable bonds is 6. The molecule has 2 atom stereocenters. The molecule has 2 heterocycles. The van der Waals surface area contributed by atoms with Crippen molar-refractivity contribution in [1.82, 2.24) is 10.6 Å². The van der Waals surface area contributed by atoms with Gasteiger partial charge in [0.1, 0.15) is 0 Å². The van der Waals surface area contributed by atoms with Crippen LogP contribution in [0.5, 0.6) is 0 Å². The van der Waals surface area contributed by atoms with Crippen LogP contribution in [-0.2, 0) is 9.59 Å². The zero-order valence-electron chi connectivity index (χ0n) is 14.4. The third-order valence-electron chi connectivity index (χ3n) is 4.31. The zero-order valence-corrected chi connectivity index (χ0v) is 16.0. The van der Waals surface area contributed by atoms with Crippen LogP contribution in [-0.4, -0.2) is 23.9 Å². The first-order valence-electron chi connectivity index (χ1n) is 8.75. The molecule has 1 aliphatic rings. The summed E-state index contributed by atoms with van der Waals surface area (Å²) in [5, 5.41) is 10.1. The fourth-order valence-electron chi connectivity index (χ4n) is 3.03. The van der Waals surface area contributed by atoms with Crippen LogP contribution >= 0.6 is 22.7 Å². The van der Waals surface area contributed by atoms with Crippen molar-refractivity contribution < 1.29 is 9.59 Å². The van der Waals surface area contributed by atoms with E-state index in [9.17, 15) is 9.59 Å². The van der Waals surface area contributed by atoms with E-state index in [0.717, 1.165) is 35.4 Å². The maximum atomic E-state index is 12.2. The van der Waals surface area contributed by atoms with Gasteiger partial charge in [-0.1, -0.05) is 25.0 Å². The first kappa shape index (κ1) is 18.6. The van der Waals surface area contributed by atoms with E-state index in [-0.39, 0.29) is 23.9 Å². The van der Waals surface area contributed by atoms with Gasteiger partial charge >= 0.3 is 0 Å². The minimum atomic E-state index is -0.112. The van der Waals surface area contributed by atoms with Gasteiger partial charge < -0.3 is 10.6 Å². The van der Waals surface area contributed by atoms with Crippen molar-refractivity contribution >= 4 is 46.6 Å². The van der Waals surface area contributed by atoms with Crippen LogP contribution in [0.1, 0.15) is 35.4 Å². The topological polar surface area (TPSA) is 58.2 Å². The molecule has 2 amide bonds. The Kier molecular flexibility index (Phi) is 6.80.